The standard InChI is InChI=1S/C46H55N9O8S.C32H44N4O6S.C14H13N5/c1-29(2)42(46(58)55-26-35(56)21-39(55)45(57)48-23-31-11-13-32(14-12-31)43-30(3)49-27-64-43)41-20-34(53-63-41)8-7-16-60-18-19-61-17-15-54-25-33(24-50-54)37-22-38(51-52-44(37)47)36-9-5-6-10-40(36)62-28-59-4;1-5-12-40-14-15-41-13-6-7-25-16-28(42-35-25)29(21(2)3)32(39)36-19-26(37)17-27(36)31(38)33-18-23-8-10-24(11-9-23)30-22(4)34-20-43-30;1-9-4-2-3-5-11(9)13-6-12(14(15)19-18-13)10-7-16-17-8-10/h5-6,9-14,20,22,24-25,27,29,35,39,42,56H,7-8,15-19,21,23,26,28H2,1-4H3,(H2,47,52)(H,48,57);8-11,16,20-21,26-27,29,37H,5-7,12-15,17-19H2,1-4H3,(H,33,38);2-8,10H,1H3,(H2,15,19)/t35-,39+,42?;26-,27+,29?;/m11./s1. The van der Waals surface area contributed by atoms with Gasteiger partial charge in [-0.2, -0.15) is 15.3 Å². The first-order valence-corrected chi connectivity index (χ1v) is 44.2. The minimum Gasteiger partial charge on any atom is -0.467 e. The number of aliphatic hydroxyl groups is 2. The van der Waals surface area contributed by atoms with Gasteiger partial charge in [-0.1, -0.05) is 130 Å². The molecule has 0 spiro atoms. The van der Waals surface area contributed by atoms with Gasteiger partial charge in [-0.05, 0) is 117 Å². The first-order valence-electron chi connectivity index (χ1n) is 42.5. The first kappa shape index (κ1) is 93.4. The summed E-state index contributed by atoms with van der Waals surface area (Å²) in [7, 11) is 1.56. The zero-order valence-electron chi connectivity index (χ0n) is 72.6. The van der Waals surface area contributed by atoms with E-state index < -0.39 is 36.1 Å². The highest BCUT2D eigenvalue weighted by Crippen LogP contribution is 2.38. The molecule has 666 valence electrons. The Morgan fingerprint density at radius 3 is 1.56 bits per heavy atom. The third-order valence-corrected chi connectivity index (χ3v) is 23.6. The van der Waals surface area contributed by atoms with E-state index in [1.54, 1.807) is 53.1 Å². The Morgan fingerprint density at radius 1 is 0.571 bits per heavy atom. The summed E-state index contributed by atoms with van der Waals surface area (Å²) in [5.41, 5.74) is 30.0. The number of nitrogen functional groups attached to an aromatic ring is 2. The molecule has 3 aliphatic heterocycles. The topological polar surface area (TPSA) is 419 Å². The van der Waals surface area contributed by atoms with Crippen LogP contribution < -0.4 is 26.8 Å². The number of rotatable bonds is 40. The fourth-order valence-electron chi connectivity index (χ4n) is 15.0. The van der Waals surface area contributed by atoms with Crippen LogP contribution >= 0.6 is 22.7 Å². The number of carbonyl (C=O) groups excluding carboxylic acids is 4. The van der Waals surface area contributed by atoms with Gasteiger partial charge >= 0.3 is 0 Å². The molecule has 0 saturated carbocycles. The second-order valence-corrected chi connectivity index (χ2v) is 33.4. The predicted molar refractivity (Wildman–Crippen MR) is 481 cm³/mol. The minimum absolute atomic E-state index is 0.0155. The lowest BCUT2D eigenvalue weighted by Crippen LogP contribution is -2.48. The van der Waals surface area contributed by atoms with Crippen LogP contribution in [0.4, 0.5) is 11.6 Å². The fraction of sp³-hybridized carbons (Fsp3) is 0.424. The Balaban J connectivity index is 0.000000198. The molecule has 2 fully saturated rings. The Hall–Kier alpha value is -11.7. The summed E-state index contributed by atoms with van der Waals surface area (Å²) in [6, 6.07) is 37.4. The van der Waals surface area contributed by atoms with Crippen molar-refractivity contribution in [2.75, 3.05) is 91.3 Å². The number of carbonyl (C=O) groups is 4. The first-order chi connectivity index (χ1) is 61.1. The monoisotopic (exact) mass is 1760 g/mol. The molecule has 0 radical (unpaired) electrons. The number of amides is 4. The lowest BCUT2D eigenvalue weighted by Gasteiger charge is -2.28. The Bertz CT molecular complexity index is 5390. The van der Waals surface area contributed by atoms with E-state index in [9.17, 15) is 29.4 Å². The number of β-amino-alcohol motifs (C(OH)–C–C–N with tert-alkyl or cyclic N) is 2. The second-order valence-electron chi connectivity index (χ2n) is 31.7. The van der Waals surface area contributed by atoms with Gasteiger partial charge in [0.25, 0.3) is 0 Å². The van der Waals surface area contributed by atoms with Gasteiger partial charge in [0.05, 0.1) is 119 Å². The SMILES string of the molecule is CCCOCCOCCCc1cc(C(C(=O)N2C[C@H](O)C[C@H]2C(=O)NCc2ccc(-c3scnc3C)cc2)C(C)C)on1.COCOc1ccccc1-c1cc(-c2cnn(CCOCCOCCCc3cc(C(C(=O)N4C[C@H](O)C[C@H]4C(=O)NCc4ccc(-c5scnc5C)cc4)C(C)C)on3)c2)c(N)nn1.Cc1ccccc1-c1cc(C2C=NN=C2)c(N)nn1. The van der Waals surface area contributed by atoms with Gasteiger partial charge in [0.15, 0.2) is 12.6 Å². The van der Waals surface area contributed by atoms with Crippen LogP contribution in [-0.2, 0) is 75.3 Å². The van der Waals surface area contributed by atoms with Crippen LogP contribution in [0.15, 0.2) is 164 Å². The molecule has 0 aliphatic carbocycles. The maximum atomic E-state index is 14.0. The number of ether oxygens (including phenoxy) is 6. The number of aromatic nitrogens is 10. The second kappa shape index (κ2) is 46.5. The van der Waals surface area contributed by atoms with Crippen molar-refractivity contribution in [3.8, 4) is 60.3 Å². The van der Waals surface area contributed by atoms with Gasteiger partial charge in [-0.25, -0.2) is 9.97 Å². The van der Waals surface area contributed by atoms with Crippen molar-refractivity contribution < 1.29 is 66.9 Å². The molecule has 6 atom stereocenters. The zero-order chi connectivity index (χ0) is 89.0. The molecule has 126 heavy (non-hydrogen) atoms. The summed E-state index contributed by atoms with van der Waals surface area (Å²) in [4.78, 5) is 68.5. The molecular weight excluding hydrogens is 1650 g/mol. The van der Waals surface area contributed by atoms with E-state index in [0.29, 0.717) is 131 Å². The molecule has 14 rings (SSSR count). The number of methoxy groups -OCH3 is 1. The molecule has 34 heteroatoms. The van der Waals surface area contributed by atoms with Gasteiger partial charge in [0, 0.05) is 125 Å². The molecule has 4 amide bonds. The smallest absolute Gasteiger partial charge is 0.243 e. The summed E-state index contributed by atoms with van der Waals surface area (Å²) in [5, 5.41) is 64.3. The number of hydrogen-bond donors (Lipinski definition) is 6. The fourth-order valence-corrected chi connectivity index (χ4v) is 16.6. The normalized spacial score (nSPS) is 16.0. The molecule has 32 nitrogen and oxygen atoms in total. The van der Waals surface area contributed by atoms with Crippen LogP contribution in [0, 0.1) is 32.6 Å². The Morgan fingerprint density at radius 2 is 1.06 bits per heavy atom. The molecule has 2 unspecified atom stereocenters. The highest BCUT2D eigenvalue weighted by atomic mass is 32.1. The maximum Gasteiger partial charge on any atom is 0.243 e. The van der Waals surface area contributed by atoms with Gasteiger partial charge in [0.2, 0.25) is 23.6 Å². The molecular formula is C92H112N18O14S2. The summed E-state index contributed by atoms with van der Waals surface area (Å²) < 4.78 is 46.5. The van der Waals surface area contributed by atoms with Gasteiger partial charge in [-0.3, -0.25) is 23.9 Å². The molecule has 10 heterocycles. The molecule has 3 aliphatic rings. The van der Waals surface area contributed by atoms with Crippen LogP contribution in [0.25, 0.3) is 54.5 Å². The summed E-state index contributed by atoms with van der Waals surface area (Å²) in [6.45, 7) is 21.5. The number of para-hydroxylation sites is 1. The number of nitrogens with two attached hydrogens (primary N) is 2. The maximum absolute atomic E-state index is 14.0. The van der Waals surface area contributed by atoms with E-state index in [0.717, 1.165) is 102 Å². The van der Waals surface area contributed by atoms with Crippen LogP contribution in [0.5, 0.6) is 5.75 Å². The number of likely N-dealkylation sites (tertiary alicyclic amines) is 2. The van der Waals surface area contributed by atoms with Crippen molar-refractivity contribution in [1.29, 1.82) is 0 Å². The molecule has 11 aromatic rings. The number of benzene rings is 4. The number of anilines is 2. The van der Waals surface area contributed by atoms with Crippen LogP contribution in [0.1, 0.15) is 141 Å². The lowest BCUT2D eigenvalue weighted by atomic mass is 9.91. The average molecular weight is 1760 g/mol. The zero-order valence-corrected chi connectivity index (χ0v) is 74.2. The van der Waals surface area contributed by atoms with Gasteiger partial charge < -0.3 is 79.6 Å². The summed E-state index contributed by atoms with van der Waals surface area (Å²) in [5.74, 6) is -0.398. The van der Waals surface area contributed by atoms with E-state index in [4.69, 9.17) is 48.9 Å². The minimum atomic E-state index is -0.807. The molecule has 7 aromatic heterocycles. The van der Waals surface area contributed by atoms with E-state index in [2.05, 4.69) is 73.5 Å². The number of nitrogens with zero attached hydrogens (tertiary/aromatic N) is 14. The molecule has 4 aromatic carbocycles. The number of aliphatic hydroxyl groups excluding tert-OH is 2. The number of hydrogen-bond acceptors (Lipinski definition) is 29. The average Bonchev–Trinajstić information content (AvgIpc) is 1.58. The van der Waals surface area contributed by atoms with Gasteiger partial charge in [-0.15, -0.1) is 43.1 Å². The van der Waals surface area contributed by atoms with E-state index in [1.807, 2.05) is 187 Å². The summed E-state index contributed by atoms with van der Waals surface area (Å²) >= 11 is 3.18. The summed E-state index contributed by atoms with van der Waals surface area (Å²) in [6.07, 6.45) is 9.60. The van der Waals surface area contributed by atoms with Crippen LogP contribution in [0.3, 0.4) is 0 Å². The number of thiazole rings is 2. The number of aryl methyl sites for hydroxylation is 5. The van der Waals surface area contributed by atoms with Crippen LogP contribution in [-0.4, -0.2) is 211 Å². The van der Waals surface area contributed by atoms with E-state index in [-0.39, 0.29) is 74.1 Å². The third-order valence-electron chi connectivity index (χ3n) is 21.6. The van der Waals surface area contributed by atoms with Crippen molar-refractivity contribution >= 4 is 70.4 Å². The Kier molecular flexibility index (Phi) is 34.5. The Labute approximate surface area is 740 Å². The van der Waals surface area contributed by atoms with Crippen molar-refractivity contribution in [2.24, 2.45) is 22.0 Å². The van der Waals surface area contributed by atoms with Gasteiger partial charge in [0.1, 0.15) is 47.0 Å². The van der Waals surface area contributed by atoms with Crippen molar-refractivity contribution in [2.45, 2.75) is 162 Å². The molecule has 8 N–H and O–H groups in total. The largest absolute Gasteiger partial charge is 0.467 e. The molecule has 0 bridgehead atoms. The van der Waals surface area contributed by atoms with E-state index >= 15 is 0 Å². The number of nitrogens with one attached hydrogen (secondary N) is 2. The molecule has 2 saturated heterocycles. The highest BCUT2D eigenvalue weighted by Gasteiger charge is 2.45. The van der Waals surface area contributed by atoms with E-state index in [1.165, 1.54) is 9.80 Å². The lowest BCUT2D eigenvalue weighted by molar-refractivity contribution is -0.141. The highest BCUT2D eigenvalue weighted by molar-refractivity contribution is 7.13. The van der Waals surface area contributed by atoms with Crippen molar-refractivity contribution in [3.63, 3.8) is 0 Å². The van der Waals surface area contributed by atoms with Crippen molar-refractivity contribution in [1.82, 2.24) is 70.9 Å². The third kappa shape index (κ3) is 25.3. The van der Waals surface area contributed by atoms with Crippen molar-refractivity contribution in [3.05, 3.63) is 201 Å². The quantitative estimate of drug-likeness (QED) is 0.0153. The predicted octanol–water partition coefficient (Wildman–Crippen LogP) is 12.4. The van der Waals surface area contributed by atoms with Crippen LogP contribution in [0.2, 0.25) is 0 Å².